The molecule has 0 N–H and O–H groups in total. The summed E-state index contributed by atoms with van der Waals surface area (Å²) in [5.41, 5.74) is 1.40. The predicted octanol–water partition coefficient (Wildman–Crippen LogP) is 1.75. The third-order valence-corrected chi connectivity index (χ3v) is 2.98. The van der Waals surface area contributed by atoms with Gasteiger partial charge in [0.05, 0.1) is 12.2 Å². The molecule has 0 saturated heterocycles. The highest BCUT2D eigenvalue weighted by molar-refractivity contribution is 6.51. The maximum Gasteiger partial charge on any atom is 0.523 e. The number of hydrogen-bond acceptors (Lipinski definition) is 2. The highest BCUT2D eigenvalue weighted by Crippen LogP contribution is 2.23. The Balaban J connectivity index is 2.16. The van der Waals surface area contributed by atoms with Crippen molar-refractivity contribution in [1.82, 2.24) is 18.9 Å². The molecule has 1 aliphatic rings. The van der Waals surface area contributed by atoms with Gasteiger partial charge in [-0.25, -0.2) is 0 Å². The summed E-state index contributed by atoms with van der Waals surface area (Å²) in [5.74, 6) is 0. The van der Waals surface area contributed by atoms with Crippen molar-refractivity contribution in [3.63, 3.8) is 0 Å². The van der Waals surface area contributed by atoms with E-state index in [0.29, 0.717) is 0 Å². The molecule has 18 heavy (non-hydrogen) atoms. The molecule has 0 fully saturated rings. The minimum atomic E-state index is 0.128. The highest BCUT2D eigenvalue weighted by Gasteiger charge is 2.36. The van der Waals surface area contributed by atoms with E-state index >= 15 is 0 Å². The molecule has 0 aliphatic carbocycles. The zero-order chi connectivity index (χ0) is 13.1. The maximum atomic E-state index is 3.70. The SMILES string of the molecule is C=C/C=C\N(C)B(N(C)/C=C\C=C)n1cc2n1C2. The molecule has 0 aromatic carbocycles. The molecule has 5 heteroatoms. The van der Waals surface area contributed by atoms with Gasteiger partial charge in [-0.2, -0.15) is 0 Å². The third-order valence-electron chi connectivity index (χ3n) is 2.98. The normalized spacial score (nSPS) is 12.8. The minimum absolute atomic E-state index is 0.128. The molecule has 0 unspecified atom stereocenters. The van der Waals surface area contributed by atoms with Gasteiger partial charge in [0.2, 0.25) is 0 Å². The first-order chi connectivity index (χ1) is 8.69. The number of nitrogens with zero attached hydrogens (tertiary/aromatic N) is 4. The van der Waals surface area contributed by atoms with Gasteiger partial charge in [0.1, 0.15) is 0 Å². The Kier molecular flexibility index (Phi) is 3.51. The first-order valence-electron chi connectivity index (χ1n) is 5.98. The summed E-state index contributed by atoms with van der Waals surface area (Å²) in [6.07, 6.45) is 13.6. The van der Waals surface area contributed by atoms with Crippen molar-refractivity contribution in [2.75, 3.05) is 14.1 Å². The lowest BCUT2D eigenvalue weighted by Crippen LogP contribution is -2.52. The summed E-state index contributed by atoms with van der Waals surface area (Å²) >= 11 is 0. The Bertz CT molecular complexity index is 470. The van der Waals surface area contributed by atoms with Gasteiger partial charge in [-0.3, -0.25) is 9.27 Å². The van der Waals surface area contributed by atoms with Crippen LogP contribution in [0, 0.1) is 0 Å². The van der Waals surface area contributed by atoms with Crippen molar-refractivity contribution in [2.24, 2.45) is 0 Å². The minimum Gasteiger partial charge on any atom is -0.384 e. The van der Waals surface area contributed by atoms with Crippen LogP contribution in [0.5, 0.6) is 0 Å². The van der Waals surface area contributed by atoms with Crippen molar-refractivity contribution >= 4 is 7.12 Å². The molecule has 0 radical (unpaired) electrons. The Hall–Kier alpha value is -2.04. The highest BCUT2D eigenvalue weighted by atomic mass is 15.5. The van der Waals surface area contributed by atoms with Crippen LogP contribution in [0.3, 0.4) is 0 Å². The van der Waals surface area contributed by atoms with Crippen molar-refractivity contribution in [3.05, 3.63) is 61.8 Å². The number of allylic oxidation sites excluding steroid dienone is 4. The smallest absolute Gasteiger partial charge is 0.384 e. The molecule has 1 aromatic rings. The second kappa shape index (κ2) is 5.08. The summed E-state index contributed by atoms with van der Waals surface area (Å²) in [6, 6.07) is 0. The standard InChI is InChI=1S/C13H19BN4/c1-5-7-9-15(3)14(16(4)10-8-6-2)18-12-13-11-17(13)18/h5-10,12H,1-2,11H2,3-4H3/b9-7-,10-8-. The number of hydrogen-bond donors (Lipinski definition) is 0. The molecule has 1 aromatic heterocycles. The van der Waals surface area contributed by atoms with Gasteiger partial charge in [-0.1, -0.05) is 25.3 Å². The number of aromatic nitrogens is 2. The second-order valence-corrected chi connectivity index (χ2v) is 4.39. The van der Waals surface area contributed by atoms with E-state index in [0.717, 1.165) is 6.54 Å². The van der Waals surface area contributed by atoms with E-state index in [1.165, 1.54) is 5.69 Å². The van der Waals surface area contributed by atoms with Crippen LogP contribution in [0.2, 0.25) is 0 Å². The van der Waals surface area contributed by atoms with Gasteiger partial charge < -0.3 is 9.62 Å². The quantitative estimate of drug-likeness (QED) is 0.543. The largest absolute Gasteiger partial charge is 0.523 e. The van der Waals surface area contributed by atoms with Crippen molar-refractivity contribution in [2.45, 2.75) is 6.54 Å². The van der Waals surface area contributed by atoms with E-state index in [1.54, 1.807) is 12.2 Å². The fourth-order valence-electron chi connectivity index (χ4n) is 2.02. The average molecular weight is 242 g/mol. The van der Waals surface area contributed by atoms with E-state index in [4.69, 9.17) is 0 Å². The Labute approximate surface area is 109 Å². The summed E-state index contributed by atoms with van der Waals surface area (Å²) < 4.78 is 4.47. The predicted molar refractivity (Wildman–Crippen MR) is 76.9 cm³/mol. The number of rotatable bonds is 7. The lowest BCUT2D eigenvalue weighted by molar-refractivity contribution is 0.526. The summed E-state index contributed by atoms with van der Waals surface area (Å²) in [7, 11) is 4.24. The summed E-state index contributed by atoms with van der Waals surface area (Å²) in [5, 5.41) is 0. The van der Waals surface area contributed by atoms with Crippen LogP contribution in [-0.2, 0) is 6.54 Å². The van der Waals surface area contributed by atoms with Gasteiger partial charge >= 0.3 is 7.12 Å². The van der Waals surface area contributed by atoms with Crippen LogP contribution >= 0.6 is 0 Å². The Morgan fingerprint density at radius 2 is 1.72 bits per heavy atom. The van der Waals surface area contributed by atoms with Gasteiger partial charge in [-0.15, -0.1) is 0 Å². The summed E-state index contributed by atoms with van der Waals surface area (Å²) in [6.45, 7) is 8.46. The molecular formula is C13H19BN4. The van der Waals surface area contributed by atoms with Gasteiger partial charge in [0, 0.05) is 6.20 Å². The first-order valence-corrected chi connectivity index (χ1v) is 5.98. The van der Waals surface area contributed by atoms with Crippen LogP contribution in [-0.4, -0.2) is 40.1 Å². The van der Waals surface area contributed by atoms with Crippen molar-refractivity contribution in [3.8, 4) is 0 Å². The summed E-state index contributed by atoms with van der Waals surface area (Å²) in [4.78, 5) is 4.28. The molecule has 0 saturated carbocycles. The molecule has 2 rings (SSSR count). The van der Waals surface area contributed by atoms with Crippen molar-refractivity contribution < 1.29 is 0 Å². The van der Waals surface area contributed by atoms with Crippen LogP contribution in [0.1, 0.15) is 5.69 Å². The molecule has 1 aliphatic heterocycles. The molecule has 4 nitrogen and oxygen atoms in total. The van der Waals surface area contributed by atoms with E-state index in [1.807, 2.05) is 24.6 Å². The lowest BCUT2D eigenvalue weighted by Gasteiger charge is -2.31. The molecule has 94 valence electrons. The van der Waals surface area contributed by atoms with Crippen molar-refractivity contribution in [1.29, 1.82) is 0 Å². The van der Waals surface area contributed by atoms with Crippen LogP contribution in [0.4, 0.5) is 0 Å². The molecule has 0 bridgehead atoms. The molecular weight excluding hydrogens is 223 g/mol. The van der Waals surface area contributed by atoms with Gasteiger partial charge in [-0.05, 0) is 38.6 Å². The Morgan fingerprint density at radius 1 is 1.17 bits per heavy atom. The maximum absolute atomic E-state index is 3.70. The second-order valence-electron chi connectivity index (χ2n) is 4.39. The van der Waals surface area contributed by atoms with Crippen LogP contribution in [0.25, 0.3) is 0 Å². The van der Waals surface area contributed by atoms with E-state index in [2.05, 4.69) is 52.3 Å². The molecule has 2 heterocycles. The fraction of sp³-hybridized carbons (Fsp3) is 0.231. The third kappa shape index (κ3) is 2.30. The van der Waals surface area contributed by atoms with Crippen LogP contribution < -0.4 is 0 Å². The van der Waals surface area contributed by atoms with E-state index < -0.39 is 0 Å². The monoisotopic (exact) mass is 242 g/mol. The lowest BCUT2D eigenvalue weighted by atomic mass is 9.88. The first kappa shape index (κ1) is 12.4. The molecule has 0 atom stereocenters. The average Bonchev–Trinajstić information content (AvgIpc) is 3.00. The van der Waals surface area contributed by atoms with Crippen LogP contribution in [0.15, 0.2) is 56.1 Å². The number of fused-ring (bicyclic) bond motifs is 1. The topological polar surface area (TPSA) is 16.3 Å². The van der Waals surface area contributed by atoms with Gasteiger partial charge in [0.15, 0.2) is 0 Å². The van der Waals surface area contributed by atoms with E-state index in [9.17, 15) is 0 Å². The zero-order valence-electron chi connectivity index (χ0n) is 11.0. The molecule has 0 amide bonds. The Morgan fingerprint density at radius 3 is 2.06 bits per heavy atom. The zero-order valence-corrected chi connectivity index (χ0v) is 11.0. The van der Waals surface area contributed by atoms with E-state index in [-0.39, 0.29) is 7.12 Å². The fourth-order valence-corrected chi connectivity index (χ4v) is 2.02. The molecule has 0 spiro atoms. The van der Waals surface area contributed by atoms with Gasteiger partial charge in [0.25, 0.3) is 0 Å².